The standard InChI is InChI=1S/C34H60N2O25/c1-9-18(45)22(49)25(52)32(54-9)61-30-23(50)20(47)14(6-39)56-34(30)60-29-17(36-11(3)43)31(55-15(7-40)21(29)48)59-28-16(8-41)57-33(26(53)24(28)51)58-27(19(46)13(44)5-38)12(4-37)35-10(2)42/h9,12-34,37-41,44-53H,4-8H2,1-3H3,(H,35,42)(H,36,43)/t9-,12-,13+,14+,15+,16+,17+,18+,19-,20-,21+,22+,23-,24+,25-,26+,27+,28-,29+,30+,31-,32-,33-,34-/m0/s1. The van der Waals surface area contributed by atoms with Gasteiger partial charge in [-0.2, -0.15) is 0 Å². The highest BCUT2D eigenvalue weighted by molar-refractivity contribution is 5.73. The molecule has 356 valence electrons. The van der Waals surface area contributed by atoms with E-state index in [-0.39, 0.29) is 0 Å². The molecule has 61 heavy (non-hydrogen) atoms. The van der Waals surface area contributed by atoms with Crippen LogP contribution in [0.25, 0.3) is 0 Å². The van der Waals surface area contributed by atoms with Crippen molar-refractivity contribution in [2.45, 2.75) is 168 Å². The van der Waals surface area contributed by atoms with Gasteiger partial charge in [-0.25, -0.2) is 0 Å². The van der Waals surface area contributed by atoms with Gasteiger partial charge in [0.2, 0.25) is 11.8 Å². The molecule has 0 saturated carbocycles. The Labute approximate surface area is 347 Å². The van der Waals surface area contributed by atoms with Gasteiger partial charge in [0.25, 0.3) is 0 Å². The third-order valence-electron chi connectivity index (χ3n) is 10.7. The summed E-state index contributed by atoms with van der Waals surface area (Å²) in [5.74, 6) is -1.56. The Morgan fingerprint density at radius 2 is 1.08 bits per heavy atom. The van der Waals surface area contributed by atoms with Gasteiger partial charge in [0.05, 0.1) is 45.2 Å². The summed E-state index contributed by atoms with van der Waals surface area (Å²) in [5, 5.41) is 162. The molecule has 2 amide bonds. The number of aliphatic hydroxyl groups excluding tert-OH is 15. The van der Waals surface area contributed by atoms with Crippen molar-refractivity contribution in [1.82, 2.24) is 10.6 Å². The first-order valence-electron chi connectivity index (χ1n) is 19.4. The molecule has 4 rings (SSSR count). The van der Waals surface area contributed by atoms with Crippen LogP contribution < -0.4 is 10.6 Å². The molecule has 4 heterocycles. The summed E-state index contributed by atoms with van der Waals surface area (Å²) in [5.41, 5.74) is 0. The number of rotatable bonds is 18. The van der Waals surface area contributed by atoms with Crippen LogP contribution in [-0.4, -0.2) is 269 Å². The maximum atomic E-state index is 12.6. The first-order valence-corrected chi connectivity index (χ1v) is 19.4. The van der Waals surface area contributed by atoms with Crippen LogP contribution in [0.1, 0.15) is 20.8 Å². The Hall–Kier alpha value is -1.98. The Balaban J connectivity index is 1.64. The van der Waals surface area contributed by atoms with Gasteiger partial charge in [-0.1, -0.05) is 0 Å². The van der Waals surface area contributed by atoms with Crippen LogP contribution in [0.3, 0.4) is 0 Å². The van der Waals surface area contributed by atoms with E-state index in [0.717, 1.165) is 13.8 Å². The van der Waals surface area contributed by atoms with Gasteiger partial charge in [-0.05, 0) is 6.92 Å². The van der Waals surface area contributed by atoms with E-state index in [1.54, 1.807) is 0 Å². The monoisotopic (exact) mass is 896 g/mol. The van der Waals surface area contributed by atoms with E-state index in [4.69, 9.17) is 37.9 Å². The lowest BCUT2D eigenvalue weighted by Crippen LogP contribution is -2.70. The molecule has 0 aromatic heterocycles. The van der Waals surface area contributed by atoms with Crippen molar-refractivity contribution in [3.8, 4) is 0 Å². The average molecular weight is 897 g/mol. The van der Waals surface area contributed by atoms with Crippen molar-refractivity contribution in [2.75, 3.05) is 33.0 Å². The van der Waals surface area contributed by atoms with Gasteiger partial charge in [-0.15, -0.1) is 0 Å². The molecule has 0 aromatic carbocycles. The van der Waals surface area contributed by atoms with Crippen LogP contribution in [0.2, 0.25) is 0 Å². The molecule has 4 saturated heterocycles. The topological polar surface area (TPSA) is 435 Å². The second-order valence-corrected chi connectivity index (χ2v) is 15.2. The molecule has 4 fully saturated rings. The number of ether oxygens (including phenoxy) is 8. The highest BCUT2D eigenvalue weighted by Crippen LogP contribution is 2.35. The highest BCUT2D eigenvalue weighted by atomic mass is 16.8. The Morgan fingerprint density at radius 3 is 1.64 bits per heavy atom. The molecule has 0 spiro atoms. The van der Waals surface area contributed by atoms with Crippen LogP contribution in [0.4, 0.5) is 0 Å². The SMILES string of the molecule is CC(=O)N[C@H]1[C@H](O[C@@H]2[C@H](O)[C@@H](O)[C@H](O[C@@H]([C@@H](O)[C@H](O)CO)[C@H](CO)NC(C)=O)O[C@@H]2CO)O[C@H](CO)[C@@H](O)[C@@H]1O[C@@H]1O[C@H](CO)[C@H](O)[C@H](O)[C@H]1O[C@@H]1O[C@@H](C)[C@@H](O)[C@@H](O)[C@@H]1O. The smallest absolute Gasteiger partial charge is 0.217 e. The molecular weight excluding hydrogens is 836 g/mol. The first kappa shape index (κ1) is 51.7. The maximum absolute atomic E-state index is 12.6. The van der Waals surface area contributed by atoms with E-state index in [2.05, 4.69) is 10.6 Å². The second-order valence-electron chi connectivity index (χ2n) is 15.2. The summed E-state index contributed by atoms with van der Waals surface area (Å²) in [7, 11) is 0. The molecular formula is C34H60N2O25. The summed E-state index contributed by atoms with van der Waals surface area (Å²) in [6.45, 7) is -1.44. The summed E-state index contributed by atoms with van der Waals surface area (Å²) in [4.78, 5) is 24.4. The normalized spacial score (nSPS) is 44.1. The predicted octanol–water partition coefficient (Wildman–Crippen LogP) is -11.0. The molecule has 4 aliphatic rings. The largest absolute Gasteiger partial charge is 0.394 e. The van der Waals surface area contributed by atoms with Crippen LogP contribution in [0.15, 0.2) is 0 Å². The van der Waals surface area contributed by atoms with E-state index < -0.39 is 192 Å². The molecule has 0 bridgehead atoms. The number of hydrogen-bond acceptors (Lipinski definition) is 25. The molecule has 27 nitrogen and oxygen atoms in total. The Morgan fingerprint density at radius 1 is 0.557 bits per heavy atom. The van der Waals surface area contributed by atoms with E-state index in [1.807, 2.05) is 0 Å². The Bertz CT molecular complexity index is 1370. The van der Waals surface area contributed by atoms with Gasteiger partial charge in [-0.3, -0.25) is 9.59 Å². The van der Waals surface area contributed by atoms with E-state index in [0.29, 0.717) is 0 Å². The van der Waals surface area contributed by atoms with Gasteiger partial charge in [0.15, 0.2) is 25.2 Å². The maximum Gasteiger partial charge on any atom is 0.217 e. The Kier molecular flexibility index (Phi) is 19.3. The predicted molar refractivity (Wildman–Crippen MR) is 191 cm³/mol. The van der Waals surface area contributed by atoms with Crippen molar-refractivity contribution in [3.63, 3.8) is 0 Å². The highest BCUT2D eigenvalue weighted by Gasteiger charge is 2.56. The van der Waals surface area contributed by atoms with Crippen molar-refractivity contribution in [1.29, 1.82) is 0 Å². The lowest BCUT2D eigenvalue weighted by molar-refractivity contribution is -0.387. The first-order chi connectivity index (χ1) is 28.7. The minimum absolute atomic E-state index is 0.729. The lowest BCUT2D eigenvalue weighted by atomic mass is 9.94. The molecule has 4 aliphatic heterocycles. The van der Waals surface area contributed by atoms with E-state index in [9.17, 15) is 86.2 Å². The molecule has 24 atom stereocenters. The van der Waals surface area contributed by atoms with Crippen LogP contribution in [-0.2, 0) is 47.5 Å². The fourth-order valence-electron chi connectivity index (χ4n) is 7.36. The zero-order chi connectivity index (χ0) is 45.6. The molecule has 27 heteroatoms. The van der Waals surface area contributed by atoms with Gasteiger partial charge in [0, 0.05) is 13.8 Å². The number of aliphatic hydroxyl groups is 15. The van der Waals surface area contributed by atoms with Crippen LogP contribution >= 0.6 is 0 Å². The number of hydrogen-bond donors (Lipinski definition) is 17. The van der Waals surface area contributed by atoms with Crippen molar-refractivity contribution < 1.29 is 124 Å². The quantitative estimate of drug-likeness (QED) is 0.0607. The fraction of sp³-hybridized carbons (Fsp3) is 0.941. The zero-order valence-electron chi connectivity index (χ0n) is 33.2. The zero-order valence-corrected chi connectivity index (χ0v) is 33.2. The van der Waals surface area contributed by atoms with Crippen molar-refractivity contribution in [3.05, 3.63) is 0 Å². The molecule has 17 N–H and O–H groups in total. The lowest BCUT2D eigenvalue weighted by Gasteiger charge is -2.50. The molecule has 0 aliphatic carbocycles. The molecule has 0 unspecified atom stereocenters. The minimum atomic E-state index is -2.17. The van der Waals surface area contributed by atoms with Gasteiger partial charge >= 0.3 is 0 Å². The van der Waals surface area contributed by atoms with Gasteiger partial charge in [0.1, 0.15) is 110 Å². The number of nitrogens with one attached hydrogen (secondary N) is 2. The van der Waals surface area contributed by atoms with Crippen LogP contribution in [0.5, 0.6) is 0 Å². The number of carbonyl (C=O) groups excluding carboxylic acids is 2. The van der Waals surface area contributed by atoms with Gasteiger partial charge < -0.3 is 125 Å². The second kappa shape index (κ2) is 22.8. The number of amides is 2. The minimum Gasteiger partial charge on any atom is -0.394 e. The summed E-state index contributed by atoms with van der Waals surface area (Å²) < 4.78 is 45.9. The van der Waals surface area contributed by atoms with Crippen molar-refractivity contribution >= 4 is 11.8 Å². The summed E-state index contributed by atoms with van der Waals surface area (Å²) in [6.07, 6.45) is -40.6. The summed E-state index contributed by atoms with van der Waals surface area (Å²) in [6, 6.07) is -3.21. The third kappa shape index (κ3) is 11.8. The number of carbonyl (C=O) groups is 2. The van der Waals surface area contributed by atoms with E-state index >= 15 is 0 Å². The molecule has 0 radical (unpaired) electrons. The van der Waals surface area contributed by atoms with Crippen molar-refractivity contribution in [2.24, 2.45) is 0 Å². The average Bonchev–Trinajstić information content (AvgIpc) is 3.23. The summed E-state index contributed by atoms with van der Waals surface area (Å²) >= 11 is 0. The third-order valence-corrected chi connectivity index (χ3v) is 10.7. The fourth-order valence-corrected chi connectivity index (χ4v) is 7.36. The van der Waals surface area contributed by atoms with E-state index in [1.165, 1.54) is 6.92 Å². The molecule has 0 aromatic rings. The van der Waals surface area contributed by atoms with Crippen LogP contribution in [0, 0.1) is 0 Å².